The molecule has 0 heterocycles. The first-order valence-electron chi connectivity index (χ1n) is 5.01. The molecule has 0 aliphatic heterocycles. The molecule has 0 bridgehead atoms. The van der Waals surface area contributed by atoms with Gasteiger partial charge in [-0.3, -0.25) is 4.55 Å². The fourth-order valence-electron chi connectivity index (χ4n) is 1.24. The van der Waals surface area contributed by atoms with Gasteiger partial charge < -0.3 is 0 Å². The normalized spacial score (nSPS) is 11.0. The van der Waals surface area contributed by atoms with Gasteiger partial charge in [0.15, 0.2) is 0 Å². The average molecular weight is 216 g/mol. The fourth-order valence-corrected chi connectivity index (χ4v) is 1.81. The van der Waals surface area contributed by atoms with Gasteiger partial charge >= 0.3 is 18.9 Å². The Morgan fingerprint density at radius 2 is 1.36 bits per heavy atom. The zero-order chi connectivity index (χ0) is 10.2. The van der Waals surface area contributed by atoms with Crippen LogP contribution in [0.4, 0.5) is 0 Å². The van der Waals surface area contributed by atoms with Gasteiger partial charge in [-0.2, -0.15) is 8.42 Å². The first kappa shape index (κ1) is 16.9. The van der Waals surface area contributed by atoms with Crippen LogP contribution in [0, 0.1) is 0 Å². The molecule has 0 spiro atoms. The number of rotatable bonds is 8. The minimum atomic E-state index is -3.72. The van der Waals surface area contributed by atoms with E-state index in [9.17, 15) is 8.42 Å². The Balaban J connectivity index is 0. The van der Waals surface area contributed by atoms with E-state index in [2.05, 4.69) is 6.92 Å². The zero-order valence-electron chi connectivity index (χ0n) is 8.33. The van der Waals surface area contributed by atoms with E-state index in [0.29, 0.717) is 6.42 Å². The second kappa shape index (κ2) is 10.0. The molecule has 0 atom stereocenters. The van der Waals surface area contributed by atoms with Crippen LogP contribution in [-0.4, -0.2) is 37.6 Å². The summed E-state index contributed by atoms with van der Waals surface area (Å²) in [6.45, 7) is 2.17. The van der Waals surface area contributed by atoms with E-state index >= 15 is 0 Å². The van der Waals surface area contributed by atoms with E-state index < -0.39 is 10.1 Å². The molecule has 0 saturated heterocycles. The number of hydrogen-bond donors (Lipinski definition) is 1. The van der Waals surface area contributed by atoms with E-state index in [1.807, 2.05) is 0 Å². The van der Waals surface area contributed by atoms with Gasteiger partial charge in [0, 0.05) is 0 Å². The zero-order valence-corrected chi connectivity index (χ0v) is 9.15. The molecule has 0 radical (unpaired) electrons. The molecule has 0 rings (SSSR count). The topological polar surface area (TPSA) is 54.4 Å². The van der Waals surface area contributed by atoms with E-state index in [1.165, 1.54) is 25.7 Å². The summed E-state index contributed by atoms with van der Waals surface area (Å²) in [5.41, 5.74) is 0. The molecule has 0 saturated carbocycles. The molecule has 0 aromatic carbocycles. The van der Waals surface area contributed by atoms with Crippen LogP contribution in [0.1, 0.15) is 51.9 Å². The van der Waals surface area contributed by atoms with Crippen LogP contribution in [0.25, 0.3) is 0 Å². The average Bonchev–Trinajstić information content (AvgIpc) is 2.01. The molecule has 0 unspecified atom stereocenters. The Hall–Kier alpha value is 0.507. The molecule has 82 valence electrons. The van der Waals surface area contributed by atoms with Gasteiger partial charge in [-0.15, -0.1) is 0 Å². The van der Waals surface area contributed by atoms with Crippen molar-refractivity contribution in [2.45, 2.75) is 51.9 Å². The van der Waals surface area contributed by atoms with Crippen LogP contribution in [0.3, 0.4) is 0 Å². The van der Waals surface area contributed by atoms with Crippen molar-refractivity contribution in [2.75, 3.05) is 5.75 Å². The molecule has 3 nitrogen and oxygen atoms in total. The second-order valence-corrected chi connectivity index (χ2v) is 4.98. The Labute approximate surface area is 99.6 Å². The third-order valence-electron chi connectivity index (χ3n) is 2.01. The molecular weight excluding hydrogens is 195 g/mol. The quantitative estimate of drug-likeness (QED) is 0.383. The Kier molecular flexibility index (Phi) is 12.1. The van der Waals surface area contributed by atoms with Crippen molar-refractivity contribution in [3.8, 4) is 0 Å². The summed E-state index contributed by atoms with van der Waals surface area (Å²) < 4.78 is 29.1. The van der Waals surface area contributed by atoms with Crippen LogP contribution >= 0.6 is 0 Å². The number of unbranched alkanes of at least 4 members (excludes halogenated alkanes) is 6. The summed E-state index contributed by atoms with van der Waals surface area (Å²) in [4.78, 5) is 0. The molecule has 0 aliphatic rings. The second-order valence-electron chi connectivity index (χ2n) is 3.41. The van der Waals surface area contributed by atoms with Crippen molar-refractivity contribution < 1.29 is 13.0 Å². The molecular formula is C9H21LiO3S. The van der Waals surface area contributed by atoms with Crippen molar-refractivity contribution in [2.24, 2.45) is 0 Å². The third-order valence-corrected chi connectivity index (χ3v) is 2.81. The van der Waals surface area contributed by atoms with Crippen LogP contribution in [0.5, 0.6) is 0 Å². The molecule has 0 aromatic heterocycles. The van der Waals surface area contributed by atoms with Crippen molar-refractivity contribution >= 4 is 29.0 Å². The summed E-state index contributed by atoms with van der Waals surface area (Å²) in [5.74, 6) is -0.0826. The monoisotopic (exact) mass is 216 g/mol. The van der Waals surface area contributed by atoms with Crippen molar-refractivity contribution in [3.63, 3.8) is 0 Å². The molecule has 14 heavy (non-hydrogen) atoms. The third kappa shape index (κ3) is 15.0. The van der Waals surface area contributed by atoms with Crippen molar-refractivity contribution in [3.05, 3.63) is 0 Å². The summed E-state index contributed by atoms with van der Waals surface area (Å²) in [6, 6.07) is 0. The summed E-state index contributed by atoms with van der Waals surface area (Å²) >= 11 is 0. The summed E-state index contributed by atoms with van der Waals surface area (Å²) in [5, 5.41) is 0. The minimum absolute atomic E-state index is 0. The molecule has 0 aromatic rings. The molecule has 0 amide bonds. The fraction of sp³-hybridized carbons (Fsp3) is 1.00. The van der Waals surface area contributed by atoms with Gasteiger partial charge in [0.25, 0.3) is 10.1 Å². The first-order valence-corrected chi connectivity index (χ1v) is 6.62. The molecule has 5 heteroatoms. The van der Waals surface area contributed by atoms with Crippen molar-refractivity contribution in [1.82, 2.24) is 0 Å². The first-order chi connectivity index (χ1) is 6.06. The van der Waals surface area contributed by atoms with Gasteiger partial charge in [0.2, 0.25) is 0 Å². The summed E-state index contributed by atoms with van der Waals surface area (Å²) in [7, 11) is -3.72. The molecule has 0 aliphatic carbocycles. The summed E-state index contributed by atoms with van der Waals surface area (Å²) in [6.07, 6.45) is 7.48. The van der Waals surface area contributed by atoms with Crippen LogP contribution in [0.15, 0.2) is 0 Å². The van der Waals surface area contributed by atoms with Gasteiger partial charge in [-0.1, -0.05) is 45.4 Å². The van der Waals surface area contributed by atoms with Gasteiger partial charge in [0.05, 0.1) is 5.75 Å². The van der Waals surface area contributed by atoms with Gasteiger partial charge in [-0.05, 0) is 6.42 Å². The van der Waals surface area contributed by atoms with Crippen LogP contribution < -0.4 is 0 Å². The maximum absolute atomic E-state index is 10.3. The Morgan fingerprint density at radius 1 is 0.929 bits per heavy atom. The van der Waals surface area contributed by atoms with Gasteiger partial charge in [-0.25, -0.2) is 0 Å². The predicted octanol–water partition coefficient (Wildman–Crippen LogP) is 1.98. The maximum atomic E-state index is 10.3. The Bertz CT molecular complexity index is 202. The van der Waals surface area contributed by atoms with E-state index in [0.717, 1.165) is 12.8 Å². The van der Waals surface area contributed by atoms with Crippen molar-refractivity contribution in [1.29, 1.82) is 0 Å². The van der Waals surface area contributed by atoms with E-state index in [-0.39, 0.29) is 24.6 Å². The van der Waals surface area contributed by atoms with E-state index in [4.69, 9.17) is 4.55 Å². The number of hydrogen-bond acceptors (Lipinski definition) is 2. The van der Waals surface area contributed by atoms with Gasteiger partial charge in [0.1, 0.15) is 0 Å². The van der Waals surface area contributed by atoms with Crippen LogP contribution in [0.2, 0.25) is 0 Å². The Morgan fingerprint density at radius 3 is 1.79 bits per heavy atom. The SMILES string of the molecule is CCCCCCCCCS(=O)(=O)O.[LiH]. The molecule has 0 fully saturated rings. The van der Waals surface area contributed by atoms with E-state index in [1.54, 1.807) is 0 Å². The van der Waals surface area contributed by atoms with Crippen LogP contribution in [-0.2, 0) is 10.1 Å². The standard InChI is InChI=1S/C9H20O3S.Li.H/c1-2-3-4-5-6-7-8-9-13(10,11)12;;/h2-9H2,1H3,(H,10,11,12);;. The predicted molar refractivity (Wildman–Crippen MR) is 61.6 cm³/mol. The molecule has 1 N–H and O–H groups in total.